The number of hydrogen-bond donors (Lipinski definition) is 1. The van der Waals surface area contributed by atoms with Crippen LogP contribution >= 0.6 is 11.6 Å². The molecule has 0 saturated heterocycles. The van der Waals surface area contributed by atoms with E-state index in [9.17, 15) is 4.79 Å². The smallest absolute Gasteiger partial charge is 0.280 e. The number of para-hydroxylation sites is 1. The Hall–Kier alpha value is -2.59. The Kier molecular flexibility index (Phi) is 4.40. The number of aromatic amines is 1. The third kappa shape index (κ3) is 3.05. The van der Waals surface area contributed by atoms with E-state index in [1.54, 1.807) is 30.5 Å². The van der Waals surface area contributed by atoms with Gasteiger partial charge >= 0.3 is 0 Å². The molecule has 0 amide bonds. The molecule has 0 atom stereocenters. The first-order chi connectivity index (χ1) is 11.5. The van der Waals surface area contributed by atoms with Crippen LogP contribution in [0.1, 0.15) is 22.4 Å². The summed E-state index contributed by atoms with van der Waals surface area (Å²) < 4.78 is 1.50. The minimum absolute atomic E-state index is 0.134. The van der Waals surface area contributed by atoms with Crippen LogP contribution in [0.25, 0.3) is 5.69 Å². The predicted octanol–water partition coefficient (Wildman–Crippen LogP) is 4.49. The van der Waals surface area contributed by atoms with E-state index in [1.165, 1.54) is 4.68 Å². The van der Waals surface area contributed by atoms with Crippen LogP contribution in [0.4, 0.5) is 5.69 Å². The molecule has 0 radical (unpaired) electrons. The molecule has 2 aromatic carbocycles. The number of aryl methyl sites for hydroxylation is 3. The lowest BCUT2D eigenvalue weighted by Gasteiger charge is -2.02. The molecule has 0 aliphatic rings. The van der Waals surface area contributed by atoms with E-state index < -0.39 is 0 Å². The molecule has 24 heavy (non-hydrogen) atoms. The monoisotopic (exact) mass is 339 g/mol. The molecule has 3 rings (SSSR count). The lowest BCUT2D eigenvalue weighted by molar-refractivity contribution is 0.835. The Bertz CT molecular complexity index is 945. The molecule has 0 saturated carbocycles. The number of rotatable bonds is 3. The topological polar surface area (TPSA) is 50.1 Å². The third-order valence-corrected chi connectivity index (χ3v) is 4.22. The van der Waals surface area contributed by atoms with E-state index in [0.717, 1.165) is 28.2 Å². The van der Waals surface area contributed by atoms with Gasteiger partial charge in [-0.3, -0.25) is 14.9 Å². The highest BCUT2D eigenvalue weighted by Crippen LogP contribution is 2.22. The summed E-state index contributed by atoms with van der Waals surface area (Å²) in [5, 5.41) is 3.72. The Morgan fingerprint density at radius 1 is 1.04 bits per heavy atom. The lowest BCUT2D eigenvalue weighted by atomic mass is 10.1. The summed E-state index contributed by atoms with van der Waals surface area (Å²) in [6.45, 7) is 5.88. The Labute approximate surface area is 145 Å². The van der Waals surface area contributed by atoms with Gasteiger partial charge in [0.05, 0.1) is 16.9 Å². The number of nitrogens with zero attached hydrogens (tertiary/aromatic N) is 2. The highest BCUT2D eigenvalue weighted by Gasteiger charge is 2.11. The summed E-state index contributed by atoms with van der Waals surface area (Å²) >= 11 is 5.90. The maximum atomic E-state index is 12.7. The van der Waals surface area contributed by atoms with Gasteiger partial charge in [-0.25, -0.2) is 4.68 Å². The van der Waals surface area contributed by atoms with Crippen molar-refractivity contribution in [2.45, 2.75) is 20.8 Å². The fourth-order valence-corrected chi connectivity index (χ4v) is 2.75. The average Bonchev–Trinajstić information content (AvgIpc) is 2.83. The molecule has 122 valence electrons. The van der Waals surface area contributed by atoms with Gasteiger partial charge in [0, 0.05) is 16.9 Å². The van der Waals surface area contributed by atoms with Crippen molar-refractivity contribution < 1.29 is 0 Å². The van der Waals surface area contributed by atoms with Gasteiger partial charge in [-0.15, -0.1) is 0 Å². The molecular formula is C19H18ClN3O. The molecule has 0 fully saturated rings. The van der Waals surface area contributed by atoms with Gasteiger partial charge in [-0.2, -0.15) is 0 Å². The van der Waals surface area contributed by atoms with Crippen molar-refractivity contribution >= 4 is 23.5 Å². The second-order valence-electron chi connectivity index (χ2n) is 5.77. The highest BCUT2D eigenvalue weighted by atomic mass is 35.5. The van der Waals surface area contributed by atoms with Gasteiger partial charge < -0.3 is 0 Å². The second kappa shape index (κ2) is 6.49. The molecule has 3 aromatic rings. The SMILES string of the molecule is Cc1cccc(C)c1N=Cc1c(C)[nH]n(-c2ccc(Cl)cc2)c1=O. The molecule has 0 spiro atoms. The van der Waals surface area contributed by atoms with Gasteiger partial charge in [-0.05, 0) is 56.2 Å². The summed E-state index contributed by atoms with van der Waals surface area (Å²) in [7, 11) is 0. The molecule has 0 unspecified atom stereocenters. The normalized spacial score (nSPS) is 11.3. The fourth-order valence-electron chi connectivity index (χ4n) is 2.62. The largest absolute Gasteiger partial charge is 0.295 e. The molecule has 5 heteroatoms. The Morgan fingerprint density at radius 2 is 1.67 bits per heavy atom. The maximum absolute atomic E-state index is 12.7. The molecule has 1 heterocycles. The van der Waals surface area contributed by atoms with Crippen LogP contribution < -0.4 is 5.56 Å². The van der Waals surface area contributed by atoms with E-state index in [2.05, 4.69) is 10.1 Å². The number of nitrogens with one attached hydrogen (secondary N) is 1. The Morgan fingerprint density at radius 3 is 2.29 bits per heavy atom. The van der Waals surface area contributed by atoms with Gasteiger partial charge in [0.1, 0.15) is 0 Å². The number of benzene rings is 2. The molecule has 0 aliphatic carbocycles. The summed E-state index contributed by atoms with van der Waals surface area (Å²) in [6.07, 6.45) is 1.63. The summed E-state index contributed by atoms with van der Waals surface area (Å²) in [5.41, 5.74) is 4.98. The van der Waals surface area contributed by atoms with Gasteiger partial charge in [0.25, 0.3) is 5.56 Å². The number of aliphatic imine (C=N–C) groups is 1. The van der Waals surface area contributed by atoms with E-state index in [-0.39, 0.29) is 5.56 Å². The molecule has 0 aliphatic heterocycles. The Balaban J connectivity index is 2.03. The van der Waals surface area contributed by atoms with Crippen LogP contribution in [0.2, 0.25) is 5.02 Å². The van der Waals surface area contributed by atoms with Crippen molar-refractivity contribution in [3.8, 4) is 5.69 Å². The molecule has 1 aromatic heterocycles. The van der Waals surface area contributed by atoms with Crippen LogP contribution in [-0.4, -0.2) is 16.0 Å². The predicted molar refractivity (Wildman–Crippen MR) is 99.3 cm³/mol. The summed E-state index contributed by atoms with van der Waals surface area (Å²) in [4.78, 5) is 17.2. The molecular weight excluding hydrogens is 322 g/mol. The molecule has 4 nitrogen and oxygen atoms in total. The van der Waals surface area contributed by atoms with Crippen LogP contribution in [0.5, 0.6) is 0 Å². The van der Waals surface area contributed by atoms with Gasteiger partial charge in [-0.1, -0.05) is 29.8 Å². The van der Waals surface area contributed by atoms with Crippen molar-refractivity contribution in [2.24, 2.45) is 4.99 Å². The number of halogens is 1. The zero-order valence-electron chi connectivity index (χ0n) is 13.8. The van der Waals surface area contributed by atoms with E-state index in [4.69, 9.17) is 11.6 Å². The third-order valence-electron chi connectivity index (χ3n) is 3.96. The van der Waals surface area contributed by atoms with Gasteiger partial charge in [0.15, 0.2) is 0 Å². The maximum Gasteiger partial charge on any atom is 0.280 e. The summed E-state index contributed by atoms with van der Waals surface area (Å²) in [6, 6.07) is 13.1. The molecule has 1 N–H and O–H groups in total. The first-order valence-electron chi connectivity index (χ1n) is 7.65. The van der Waals surface area contributed by atoms with Crippen molar-refractivity contribution in [3.63, 3.8) is 0 Å². The number of H-pyrrole nitrogens is 1. The van der Waals surface area contributed by atoms with Crippen molar-refractivity contribution in [3.05, 3.63) is 80.2 Å². The number of hydrogen-bond acceptors (Lipinski definition) is 2. The van der Waals surface area contributed by atoms with E-state index in [1.807, 2.05) is 39.0 Å². The minimum Gasteiger partial charge on any atom is -0.295 e. The van der Waals surface area contributed by atoms with Crippen LogP contribution in [0.15, 0.2) is 52.3 Å². The van der Waals surface area contributed by atoms with Crippen molar-refractivity contribution in [2.75, 3.05) is 0 Å². The average molecular weight is 340 g/mol. The second-order valence-corrected chi connectivity index (χ2v) is 6.20. The molecule has 0 bridgehead atoms. The minimum atomic E-state index is -0.134. The zero-order valence-corrected chi connectivity index (χ0v) is 14.6. The van der Waals surface area contributed by atoms with Crippen LogP contribution in [0.3, 0.4) is 0 Å². The quantitative estimate of drug-likeness (QED) is 0.702. The highest BCUT2D eigenvalue weighted by molar-refractivity contribution is 6.30. The van der Waals surface area contributed by atoms with Crippen LogP contribution in [0, 0.1) is 20.8 Å². The van der Waals surface area contributed by atoms with E-state index >= 15 is 0 Å². The van der Waals surface area contributed by atoms with Crippen LogP contribution in [-0.2, 0) is 0 Å². The summed E-state index contributed by atoms with van der Waals surface area (Å²) in [5.74, 6) is 0. The van der Waals surface area contributed by atoms with Crippen molar-refractivity contribution in [1.29, 1.82) is 0 Å². The zero-order chi connectivity index (χ0) is 17.3. The lowest BCUT2D eigenvalue weighted by Crippen LogP contribution is -2.17. The fraction of sp³-hybridized carbons (Fsp3) is 0.158. The van der Waals surface area contributed by atoms with Crippen molar-refractivity contribution in [1.82, 2.24) is 9.78 Å². The van der Waals surface area contributed by atoms with E-state index in [0.29, 0.717) is 10.6 Å². The number of aromatic nitrogens is 2. The first kappa shape index (κ1) is 16.3. The standard InChI is InChI=1S/C19H18ClN3O/c1-12-5-4-6-13(2)18(12)21-11-17-14(3)22-23(19(17)24)16-9-7-15(20)8-10-16/h4-11,22H,1-3H3. The van der Waals surface area contributed by atoms with Gasteiger partial charge in [0.2, 0.25) is 0 Å². The first-order valence-corrected chi connectivity index (χ1v) is 8.03.